The van der Waals surface area contributed by atoms with E-state index >= 15 is 0 Å². The van der Waals surface area contributed by atoms with Crippen LogP contribution in [0.15, 0.2) is 45.8 Å². The zero-order valence-corrected chi connectivity index (χ0v) is 13.4. The van der Waals surface area contributed by atoms with Crippen LogP contribution in [-0.2, 0) is 4.79 Å². The molecule has 2 aromatic rings. The number of nitrogens with zero attached hydrogens (tertiary/aromatic N) is 1. The quantitative estimate of drug-likeness (QED) is 0.627. The highest BCUT2D eigenvalue weighted by atomic mass is 79.9. The zero-order valence-electron chi connectivity index (χ0n) is 11.0. The van der Waals surface area contributed by atoms with E-state index in [0.29, 0.717) is 5.69 Å². The lowest BCUT2D eigenvalue weighted by Gasteiger charge is -2.04. The van der Waals surface area contributed by atoms with Gasteiger partial charge in [-0.2, -0.15) is 5.26 Å². The Hall–Kier alpha value is -2.43. The third-order valence-corrected chi connectivity index (χ3v) is 4.27. The average molecular weight is 377 g/mol. The van der Waals surface area contributed by atoms with Crippen molar-refractivity contribution in [3.8, 4) is 6.07 Å². The van der Waals surface area contributed by atoms with Crippen LogP contribution < -0.4 is 5.32 Å². The van der Waals surface area contributed by atoms with E-state index in [2.05, 4.69) is 21.2 Å². The molecule has 22 heavy (non-hydrogen) atoms. The predicted molar refractivity (Wildman–Crippen MR) is 87.6 cm³/mol. The lowest BCUT2D eigenvalue weighted by Crippen LogP contribution is -2.13. The molecule has 0 saturated heterocycles. The van der Waals surface area contributed by atoms with Gasteiger partial charge in [0, 0.05) is 20.4 Å². The molecule has 1 aromatic heterocycles. The van der Waals surface area contributed by atoms with Crippen molar-refractivity contribution < 1.29 is 14.7 Å². The molecule has 1 aromatic carbocycles. The highest BCUT2D eigenvalue weighted by Crippen LogP contribution is 2.22. The molecule has 0 spiro atoms. The molecule has 0 aliphatic heterocycles. The molecule has 2 rings (SSSR count). The van der Waals surface area contributed by atoms with Crippen LogP contribution in [0.3, 0.4) is 0 Å². The molecule has 110 valence electrons. The van der Waals surface area contributed by atoms with Crippen LogP contribution in [0.5, 0.6) is 0 Å². The number of halogens is 1. The van der Waals surface area contributed by atoms with Crippen molar-refractivity contribution in [2.24, 2.45) is 0 Å². The minimum absolute atomic E-state index is 0.0309. The summed E-state index contributed by atoms with van der Waals surface area (Å²) >= 11 is 4.71. The van der Waals surface area contributed by atoms with Crippen LogP contribution in [0.1, 0.15) is 15.2 Å². The Morgan fingerprint density at radius 2 is 2.00 bits per heavy atom. The number of nitriles is 1. The maximum atomic E-state index is 12.0. The van der Waals surface area contributed by atoms with Crippen LogP contribution in [0.25, 0.3) is 6.08 Å². The standard InChI is InChI=1S/C15H9BrN2O3S/c16-11-6-13(22-8-11)5-10(7-17)14(19)18-12-3-1-9(2-4-12)15(20)21/h1-6,8H,(H,18,19)(H,20,21)/b10-5+. The molecule has 2 N–H and O–H groups in total. The first-order chi connectivity index (χ1) is 10.5. The van der Waals surface area contributed by atoms with Gasteiger partial charge >= 0.3 is 5.97 Å². The Morgan fingerprint density at radius 3 is 2.50 bits per heavy atom. The lowest BCUT2D eigenvalue weighted by molar-refractivity contribution is -0.112. The second-order valence-electron chi connectivity index (χ2n) is 4.17. The van der Waals surface area contributed by atoms with E-state index in [0.717, 1.165) is 9.35 Å². The van der Waals surface area contributed by atoms with E-state index in [1.165, 1.54) is 41.7 Å². The molecule has 0 atom stereocenters. The van der Waals surface area contributed by atoms with E-state index in [4.69, 9.17) is 10.4 Å². The van der Waals surface area contributed by atoms with E-state index in [1.54, 1.807) is 6.07 Å². The molecular weight excluding hydrogens is 368 g/mol. The fraction of sp³-hybridized carbons (Fsp3) is 0. The van der Waals surface area contributed by atoms with Gasteiger partial charge in [-0.3, -0.25) is 4.79 Å². The minimum atomic E-state index is -1.04. The molecule has 0 aliphatic carbocycles. The Kier molecular flexibility index (Phi) is 5.09. The molecule has 0 saturated carbocycles. The van der Waals surface area contributed by atoms with Gasteiger partial charge in [0.15, 0.2) is 0 Å². The van der Waals surface area contributed by atoms with E-state index in [9.17, 15) is 9.59 Å². The van der Waals surface area contributed by atoms with E-state index in [-0.39, 0.29) is 11.1 Å². The third kappa shape index (κ3) is 4.04. The number of anilines is 1. The van der Waals surface area contributed by atoms with Crippen molar-refractivity contribution >= 4 is 50.9 Å². The second kappa shape index (κ2) is 7.02. The van der Waals surface area contributed by atoms with Gasteiger partial charge in [0.2, 0.25) is 0 Å². The summed E-state index contributed by atoms with van der Waals surface area (Å²) in [6, 6.07) is 9.36. The fourth-order valence-electron chi connectivity index (χ4n) is 1.59. The highest BCUT2D eigenvalue weighted by molar-refractivity contribution is 9.10. The maximum absolute atomic E-state index is 12.0. The summed E-state index contributed by atoms with van der Waals surface area (Å²) in [6.07, 6.45) is 1.50. The van der Waals surface area contributed by atoms with Crippen molar-refractivity contribution in [3.63, 3.8) is 0 Å². The number of rotatable bonds is 4. The van der Waals surface area contributed by atoms with Gasteiger partial charge < -0.3 is 10.4 Å². The number of carboxylic acid groups (broad SMARTS) is 1. The van der Waals surface area contributed by atoms with Gasteiger partial charge in [-0.25, -0.2) is 4.79 Å². The first kappa shape index (κ1) is 15.9. The molecule has 1 amide bonds. The maximum Gasteiger partial charge on any atom is 0.335 e. The van der Waals surface area contributed by atoms with Gasteiger partial charge in [0.25, 0.3) is 5.91 Å². The van der Waals surface area contributed by atoms with E-state index in [1.807, 2.05) is 11.4 Å². The summed E-state index contributed by atoms with van der Waals surface area (Å²) in [5, 5.41) is 22.3. The van der Waals surface area contributed by atoms with Crippen LogP contribution in [0, 0.1) is 11.3 Å². The Balaban J connectivity index is 2.14. The van der Waals surface area contributed by atoms with Crippen molar-refractivity contribution in [1.29, 1.82) is 5.26 Å². The normalized spacial score (nSPS) is 10.8. The molecule has 0 aliphatic rings. The van der Waals surface area contributed by atoms with Crippen molar-refractivity contribution in [3.05, 3.63) is 56.2 Å². The largest absolute Gasteiger partial charge is 0.478 e. The molecule has 0 radical (unpaired) electrons. The number of hydrogen-bond acceptors (Lipinski definition) is 4. The molecule has 1 heterocycles. The summed E-state index contributed by atoms with van der Waals surface area (Å²) in [5.41, 5.74) is 0.512. The topological polar surface area (TPSA) is 90.2 Å². The number of hydrogen-bond donors (Lipinski definition) is 2. The summed E-state index contributed by atoms with van der Waals surface area (Å²) in [6.45, 7) is 0. The third-order valence-electron chi connectivity index (χ3n) is 2.63. The van der Waals surface area contributed by atoms with Crippen LogP contribution >= 0.6 is 27.3 Å². The smallest absolute Gasteiger partial charge is 0.335 e. The van der Waals surface area contributed by atoms with E-state index < -0.39 is 11.9 Å². The number of aromatic carboxylic acids is 1. The van der Waals surface area contributed by atoms with Crippen molar-refractivity contribution in [2.45, 2.75) is 0 Å². The van der Waals surface area contributed by atoms with Crippen LogP contribution in [-0.4, -0.2) is 17.0 Å². The van der Waals surface area contributed by atoms with Crippen LogP contribution in [0.4, 0.5) is 5.69 Å². The second-order valence-corrected chi connectivity index (χ2v) is 6.03. The number of benzene rings is 1. The van der Waals surface area contributed by atoms with Crippen molar-refractivity contribution in [1.82, 2.24) is 0 Å². The minimum Gasteiger partial charge on any atom is -0.478 e. The highest BCUT2D eigenvalue weighted by Gasteiger charge is 2.11. The number of nitrogens with one attached hydrogen (secondary N) is 1. The summed E-state index contributed by atoms with van der Waals surface area (Å²) in [5.74, 6) is -1.59. The number of carbonyl (C=O) groups excluding carboxylic acids is 1. The SMILES string of the molecule is N#C/C(=C\c1cc(Br)cs1)C(=O)Nc1ccc(C(=O)O)cc1. The fourth-order valence-corrected chi connectivity index (χ4v) is 2.97. The molecule has 0 bridgehead atoms. The molecule has 7 heteroatoms. The molecular formula is C15H9BrN2O3S. The first-order valence-corrected chi connectivity index (χ1v) is 7.67. The average Bonchev–Trinajstić information content (AvgIpc) is 2.90. The Morgan fingerprint density at radius 1 is 1.32 bits per heavy atom. The Bertz CT molecular complexity index is 788. The number of carboxylic acids is 1. The van der Waals surface area contributed by atoms with Crippen LogP contribution in [0.2, 0.25) is 0 Å². The number of amides is 1. The molecule has 5 nitrogen and oxygen atoms in total. The molecule has 0 unspecified atom stereocenters. The van der Waals surface area contributed by atoms with Gasteiger partial charge in [-0.15, -0.1) is 11.3 Å². The first-order valence-electron chi connectivity index (χ1n) is 6.00. The summed E-state index contributed by atoms with van der Waals surface area (Å²) in [7, 11) is 0. The number of thiophene rings is 1. The van der Waals surface area contributed by atoms with Gasteiger partial charge in [-0.05, 0) is 52.3 Å². The Labute approximate surface area is 138 Å². The number of carbonyl (C=O) groups is 2. The molecule has 0 fully saturated rings. The van der Waals surface area contributed by atoms with Gasteiger partial charge in [0.05, 0.1) is 5.56 Å². The zero-order chi connectivity index (χ0) is 16.1. The monoisotopic (exact) mass is 376 g/mol. The van der Waals surface area contributed by atoms with Gasteiger partial charge in [0.1, 0.15) is 11.6 Å². The lowest BCUT2D eigenvalue weighted by atomic mass is 10.2. The summed E-state index contributed by atoms with van der Waals surface area (Å²) < 4.78 is 0.880. The van der Waals surface area contributed by atoms with Gasteiger partial charge in [-0.1, -0.05) is 0 Å². The van der Waals surface area contributed by atoms with Crippen molar-refractivity contribution in [2.75, 3.05) is 5.32 Å². The predicted octanol–water partition coefficient (Wildman–Crippen LogP) is 3.75. The summed E-state index contributed by atoms with van der Waals surface area (Å²) in [4.78, 5) is 23.6.